The van der Waals surface area contributed by atoms with Crippen LogP contribution in [0.15, 0.2) is 59.6 Å². The lowest BCUT2D eigenvalue weighted by molar-refractivity contribution is 0.247. The molecular weight excluding hydrogens is 463 g/mol. The molecule has 0 aliphatic carbocycles. The Balaban J connectivity index is 0.00000280. The van der Waals surface area contributed by atoms with Crippen LogP contribution in [-0.4, -0.2) is 44.1 Å². The van der Waals surface area contributed by atoms with Crippen molar-refractivity contribution in [2.24, 2.45) is 4.99 Å². The number of nitrogens with one attached hydrogen (secondary N) is 2. The molecular formula is C22H31IN4O. The fourth-order valence-electron chi connectivity index (χ4n) is 3.28. The second kappa shape index (κ2) is 11.3. The summed E-state index contributed by atoms with van der Waals surface area (Å²) in [5.74, 6) is 1.80. The highest BCUT2D eigenvalue weighted by molar-refractivity contribution is 14.0. The zero-order valence-electron chi connectivity index (χ0n) is 16.9. The molecule has 0 spiro atoms. The van der Waals surface area contributed by atoms with Crippen molar-refractivity contribution in [2.45, 2.75) is 32.0 Å². The minimum Gasteiger partial charge on any atom is -0.493 e. The number of nitrogens with zero attached hydrogens (tertiary/aromatic N) is 2. The number of hydrogen-bond donors (Lipinski definition) is 2. The smallest absolute Gasteiger partial charge is 0.191 e. The molecule has 2 atom stereocenters. The van der Waals surface area contributed by atoms with Crippen molar-refractivity contribution in [1.29, 1.82) is 0 Å². The number of para-hydroxylation sites is 1. The van der Waals surface area contributed by atoms with Gasteiger partial charge in [-0.1, -0.05) is 48.5 Å². The monoisotopic (exact) mass is 494 g/mol. The number of likely N-dealkylation sites (N-methyl/N-ethyl adjacent to an activating group) is 1. The molecule has 3 rings (SSSR count). The van der Waals surface area contributed by atoms with E-state index in [9.17, 15) is 0 Å². The van der Waals surface area contributed by atoms with Crippen LogP contribution in [0, 0.1) is 0 Å². The van der Waals surface area contributed by atoms with Crippen LogP contribution in [0.4, 0.5) is 0 Å². The summed E-state index contributed by atoms with van der Waals surface area (Å²) in [6.07, 6.45) is 0.932. The highest BCUT2D eigenvalue weighted by Crippen LogP contribution is 2.31. The van der Waals surface area contributed by atoms with Gasteiger partial charge in [-0.25, -0.2) is 0 Å². The van der Waals surface area contributed by atoms with Crippen LogP contribution in [0.3, 0.4) is 0 Å². The molecule has 2 unspecified atom stereocenters. The van der Waals surface area contributed by atoms with Gasteiger partial charge in [0.1, 0.15) is 5.75 Å². The topological polar surface area (TPSA) is 48.9 Å². The first-order chi connectivity index (χ1) is 13.2. The second-order valence-electron chi connectivity index (χ2n) is 7.07. The summed E-state index contributed by atoms with van der Waals surface area (Å²) in [7, 11) is 3.98. The molecule has 0 fully saturated rings. The van der Waals surface area contributed by atoms with E-state index in [0.29, 0.717) is 6.04 Å². The fourth-order valence-corrected chi connectivity index (χ4v) is 3.28. The van der Waals surface area contributed by atoms with Gasteiger partial charge in [0.15, 0.2) is 5.96 Å². The predicted molar refractivity (Wildman–Crippen MR) is 127 cm³/mol. The van der Waals surface area contributed by atoms with Crippen molar-refractivity contribution in [3.8, 4) is 5.75 Å². The molecule has 0 bridgehead atoms. The average Bonchev–Trinajstić information content (AvgIpc) is 2.71. The molecule has 5 nitrogen and oxygen atoms in total. The molecule has 1 aliphatic heterocycles. The summed E-state index contributed by atoms with van der Waals surface area (Å²) >= 11 is 0. The summed E-state index contributed by atoms with van der Waals surface area (Å²) < 4.78 is 5.75. The fraction of sp³-hybridized carbons (Fsp3) is 0.409. The molecule has 0 amide bonds. The van der Waals surface area contributed by atoms with E-state index in [4.69, 9.17) is 4.74 Å². The van der Waals surface area contributed by atoms with Crippen LogP contribution in [0.2, 0.25) is 0 Å². The Bertz CT molecular complexity index is 753. The van der Waals surface area contributed by atoms with Gasteiger partial charge in [-0.05, 0) is 25.6 Å². The molecule has 28 heavy (non-hydrogen) atoms. The summed E-state index contributed by atoms with van der Waals surface area (Å²) in [4.78, 5) is 6.75. The Labute approximate surface area is 185 Å². The predicted octanol–water partition coefficient (Wildman–Crippen LogP) is 3.81. The first kappa shape index (κ1) is 22.5. The van der Waals surface area contributed by atoms with Gasteiger partial charge < -0.3 is 15.4 Å². The molecule has 0 saturated carbocycles. The van der Waals surface area contributed by atoms with Crippen molar-refractivity contribution in [3.63, 3.8) is 0 Å². The van der Waals surface area contributed by atoms with Gasteiger partial charge in [0.2, 0.25) is 0 Å². The number of fused-ring (bicyclic) bond motifs is 1. The Hall–Kier alpha value is -1.80. The number of hydrogen-bond acceptors (Lipinski definition) is 3. The van der Waals surface area contributed by atoms with Crippen LogP contribution in [0.1, 0.15) is 30.5 Å². The van der Waals surface area contributed by atoms with Gasteiger partial charge >= 0.3 is 0 Å². The Morgan fingerprint density at radius 1 is 1.18 bits per heavy atom. The maximum absolute atomic E-state index is 5.75. The third-order valence-electron chi connectivity index (χ3n) is 5.09. The quantitative estimate of drug-likeness (QED) is 0.365. The van der Waals surface area contributed by atoms with Gasteiger partial charge in [0, 0.05) is 38.2 Å². The van der Waals surface area contributed by atoms with Gasteiger partial charge in [-0.2, -0.15) is 0 Å². The van der Waals surface area contributed by atoms with E-state index < -0.39 is 0 Å². The van der Waals surface area contributed by atoms with Crippen molar-refractivity contribution < 1.29 is 4.74 Å². The van der Waals surface area contributed by atoms with E-state index in [1.807, 2.05) is 19.2 Å². The summed E-state index contributed by atoms with van der Waals surface area (Å²) in [6.45, 7) is 4.71. The number of aliphatic imine (C=N–C) groups is 1. The van der Waals surface area contributed by atoms with E-state index >= 15 is 0 Å². The highest BCUT2D eigenvalue weighted by atomic mass is 127. The van der Waals surface area contributed by atoms with Gasteiger partial charge in [0.25, 0.3) is 0 Å². The lowest BCUT2D eigenvalue weighted by atomic mass is 10.0. The van der Waals surface area contributed by atoms with E-state index in [0.717, 1.165) is 37.8 Å². The number of guanidine groups is 1. The largest absolute Gasteiger partial charge is 0.493 e. The summed E-state index contributed by atoms with van der Waals surface area (Å²) in [6, 6.07) is 19.4. The SMILES string of the molecule is CN=C(NCC(C)N(C)Cc1ccccc1)NC1CCOc2ccccc21.I. The minimum atomic E-state index is 0. The highest BCUT2D eigenvalue weighted by Gasteiger charge is 2.22. The first-order valence-corrected chi connectivity index (χ1v) is 9.60. The summed E-state index contributed by atoms with van der Waals surface area (Å²) in [5, 5.41) is 7.02. The number of ether oxygens (including phenoxy) is 1. The molecule has 152 valence electrons. The third kappa shape index (κ3) is 6.10. The van der Waals surface area contributed by atoms with Crippen LogP contribution < -0.4 is 15.4 Å². The van der Waals surface area contributed by atoms with Crippen molar-refractivity contribution in [1.82, 2.24) is 15.5 Å². The van der Waals surface area contributed by atoms with Crippen LogP contribution in [-0.2, 0) is 6.54 Å². The molecule has 2 N–H and O–H groups in total. The van der Waals surface area contributed by atoms with Crippen LogP contribution in [0.25, 0.3) is 0 Å². The van der Waals surface area contributed by atoms with Gasteiger partial charge in [-0.3, -0.25) is 9.89 Å². The number of benzene rings is 2. The Morgan fingerprint density at radius 3 is 2.64 bits per heavy atom. The minimum absolute atomic E-state index is 0. The van der Waals surface area contributed by atoms with E-state index in [1.54, 1.807) is 0 Å². The molecule has 0 aromatic heterocycles. The van der Waals surface area contributed by atoms with Crippen LogP contribution in [0.5, 0.6) is 5.75 Å². The molecule has 2 aromatic carbocycles. The zero-order chi connectivity index (χ0) is 19.1. The van der Waals surface area contributed by atoms with E-state index in [1.165, 1.54) is 11.1 Å². The van der Waals surface area contributed by atoms with Crippen molar-refractivity contribution >= 4 is 29.9 Å². The molecule has 2 aromatic rings. The first-order valence-electron chi connectivity index (χ1n) is 9.60. The molecule has 0 saturated heterocycles. The molecule has 6 heteroatoms. The number of halogens is 1. The third-order valence-corrected chi connectivity index (χ3v) is 5.09. The summed E-state index contributed by atoms with van der Waals surface area (Å²) in [5.41, 5.74) is 2.52. The standard InChI is InChI=1S/C22H30N4O.HI/c1-17(26(3)16-18-9-5-4-6-10-18)15-24-22(23-2)25-20-13-14-27-21-12-8-7-11-19(20)21;/h4-12,17,20H,13-16H2,1-3H3,(H2,23,24,25);1H. The Kier molecular flexibility index (Phi) is 9.05. The second-order valence-corrected chi connectivity index (χ2v) is 7.07. The lowest BCUT2D eigenvalue weighted by Crippen LogP contribution is -2.46. The van der Waals surface area contributed by atoms with Gasteiger partial charge in [-0.15, -0.1) is 24.0 Å². The maximum Gasteiger partial charge on any atom is 0.191 e. The van der Waals surface area contributed by atoms with E-state index in [2.05, 4.69) is 77.0 Å². The molecule has 1 heterocycles. The maximum atomic E-state index is 5.75. The lowest BCUT2D eigenvalue weighted by Gasteiger charge is -2.29. The number of rotatable bonds is 6. The average molecular weight is 494 g/mol. The Morgan fingerprint density at radius 2 is 1.89 bits per heavy atom. The zero-order valence-corrected chi connectivity index (χ0v) is 19.2. The molecule has 1 aliphatic rings. The van der Waals surface area contributed by atoms with Gasteiger partial charge in [0.05, 0.1) is 12.6 Å². The molecule has 0 radical (unpaired) electrons. The van der Waals surface area contributed by atoms with E-state index in [-0.39, 0.29) is 30.0 Å². The van der Waals surface area contributed by atoms with Crippen molar-refractivity contribution in [3.05, 3.63) is 65.7 Å². The van der Waals surface area contributed by atoms with Crippen molar-refractivity contribution in [2.75, 3.05) is 27.2 Å². The normalized spacial score (nSPS) is 17.1. The van der Waals surface area contributed by atoms with Crippen LogP contribution >= 0.6 is 24.0 Å².